The Labute approximate surface area is 132 Å². The Kier molecular flexibility index (Phi) is 5.21. The van der Waals surface area contributed by atoms with Crippen molar-refractivity contribution in [3.05, 3.63) is 59.2 Å². The first-order chi connectivity index (χ1) is 10.5. The van der Waals surface area contributed by atoms with Crippen LogP contribution in [0.4, 0.5) is 5.69 Å². The number of carbonyl (C=O) groups excluding carboxylic acids is 1. The summed E-state index contributed by atoms with van der Waals surface area (Å²) in [5.74, 6) is 0.585. The zero-order chi connectivity index (χ0) is 16.1. The second kappa shape index (κ2) is 7.12. The molecule has 3 heteroatoms. The van der Waals surface area contributed by atoms with Crippen molar-refractivity contribution in [1.29, 1.82) is 0 Å². The number of anilines is 1. The smallest absolute Gasteiger partial charge is 0.203 e. The molecule has 2 rings (SSSR count). The lowest BCUT2D eigenvalue weighted by atomic mass is 9.97. The summed E-state index contributed by atoms with van der Waals surface area (Å²) in [5.41, 5.74) is 9.32. The maximum atomic E-state index is 12.8. The van der Waals surface area contributed by atoms with Gasteiger partial charge in [0.15, 0.2) is 6.10 Å². The number of hydrogen-bond acceptors (Lipinski definition) is 3. The minimum absolute atomic E-state index is 0.0163. The minimum Gasteiger partial charge on any atom is -0.480 e. The Hall–Kier alpha value is -2.29. The summed E-state index contributed by atoms with van der Waals surface area (Å²) in [5, 5.41) is 0. The van der Waals surface area contributed by atoms with E-state index in [9.17, 15) is 4.79 Å². The second-order valence-electron chi connectivity index (χ2n) is 5.62. The van der Waals surface area contributed by atoms with Crippen molar-refractivity contribution in [2.24, 2.45) is 0 Å². The van der Waals surface area contributed by atoms with Gasteiger partial charge < -0.3 is 10.5 Å². The van der Waals surface area contributed by atoms with E-state index in [-0.39, 0.29) is 5.78 Å². The van der Waals surface area contributed by atoms with E-state index in [0.29, 0.717) is 17.9 Å². The van der Waals surface area contributed by atoms with Gasteiger partial charge in [-0.15, -0.1) is 0 Å². The fourth-order valence-electron chi connectivity index (χ4n) is 2.51. The number of ketones is 1. The van der Waals surface area contributed by atoms with E-state index in [0.717, 1.165) is 23.1 Å². The largest absolute Gasteiger partial charge is 0.480 e. The minimum atomic E-state index is -0.504. The standard InChI is InChI=1S/C19H23NO2/c1-4-7-18(22-17-9-6-5-8-16(17)20)19(21)15-11-10-13(2)12-14(15)3/h5-6,8-12,18H,4,7,20H2,1-3H3. The van der Waals surface area contributed by atoms with Crippen molar-refractivity contribution in [2.75, 3.05) is 5.73 Å². The predicted molar refractivity (Wildman–Crippen MR) is 90.4 cm³/mol. The highest BCUT2D eigenvalue weighted by molar-refractivity contribution is 6.01. The molecule has 0 saturated heterocycles. The molecule has 0 radical (unpaired) electrons. The van der Waals surface area contributed by atoms with Crippen molar-refractivity contribution in [3.8, 4) is 5.75 Å². The third-order valence-corrected chi connectivity index (χ3v) is 3.68. The number of ether oxygens (including phenoxy) is 1. The molecular weight excluding hydrogens is 274 g/mol. The molecule has 2 aromatic rings. The normalized spacial score (nSPS) is 12.0. The van der Waals surface area contributed by atoms with Gasteiger partial charge in [0.25, 0.3) is 0 Å². The Morgan fingerprint density at radius 2 is 1.91 bits per heavy atom. The molecule has 3 nitrogen and oxygen atoms in total. The molecule has 0 aliphatic rings. The zero-order valence-corrected chi connectivity index (χ0v) is 13.4. The maximum Gasteiger partial charge on any atom is 0.203 e. The number of Topliss-reactive ketones (excluding diaryl/α,β-unsaturated/α-hetero) is 1. The van der Waals surface area contributed by atoms with E-state index in [4.69, 9.17) is 10.5 Å². The molecule has 0 fully saturated rings. The van der Waals surface area contributed by atoms with Crippen LogP contribution in [-0.2, 0) is 0 Å². The van der Waals surface area contributed by atoms with Gasteiger partial charge in [0, 0.05) is 5.56 Å². The van der Waals surface area contributed by atoms with Crippen LogP contribution >= 0.6 is 0 Å². The summed E-state index contributed by atoms with van der Waals surface area (Å²) < 4.78 is 5.91. The van der Waals surface area contributed by atoms with Gasteiger partial charge in [0.05, 0.1) is 5.69 Å². The Balaban J connectivity index is 2.27. The highest BCUT2D eigenvalue weighted by atomic mass is 16.5. The van der Waals surface area contributed by atoms with E-state index in [1.165, 1.54) is 0 Å². The molecule has 0 aliphatic heterocycles. The zero-order valence-electron chi connectivity index (χ0n) is 13.4. The van der Waals surface area contributed by atoms with Crippen LogP contribution in [0, 0.1) is 13.8 Å². The second-order valence-corrected chi connectivity index (χ2v) is 5.62. The quantitative estimate of drug-likeness (QED) is 0.638. The van der Waals surface area contributed by atoms with Crippen molar-refractivity contribution < 1.29 is 9.53 Å². The fraction of sp³-hybridized carbons (Fsp3) is 0.316. The molecule has 0 amide bonds. The van der Waals surface area contributed by atoms with E-state index in [1.54, 1.807) is 12.1 Å². The number of para-hydroxylation sites is 2. The number of carbonyl (C=O) groups is 1. The molecule has 116 valence electrons. The van der Waals surface area contributed by atoms with E-state index >= 15 is 0 Å². The predicted octanol–water partition coefficient (Wildman–Crippen LogP) is 4.32. The number of hydrogen-bond donors (Lipinski definition) is 1. The molecule has 0 aromatic heterocycles. The maximum absolute atomic E-state index is 12.8. The summed E-state index contributed by atoms with van der Waals surface area (Å²) in [6.45, 7) is 6.02. The lowest BCUT2D eigenvalue weighted by Gasteiger charge is -2.19. The van der Waals surface area contributed by atoms with Crippen LogP contribution in [0.15, 0.2) is 42.5 Å². The number of nitrogen functional groups attached to an aromatic ring is 1. The Morgan fingerprint density at radius 1 is 1.18 bits per heavy atom. The average molecular weight is 297 g/mol. The average Bonchev–Trinajstić information content (AvgIpc) is 2.48. The molecule has 1 atom stereocenters. The molecule has 2 aromatic carbocycles. The Morgan fingerprint density at radius 3 is 2.55 bits per heavy atom. The first-order valence-corrected chi connectivity index (χ1v) is 7.65. The summed E-state index contributed by atoms with van der Waals surface area (Å²) >= 11 is 0. The Bertz CT molecular complexity index is 664. The summed E-state index contributed by atoms with van der Waals surface area (Å²) in [4.78, 5) is 12.8. The van der Waals surface area contributed by atoms with Gasteiger partial charge in [-0.1, -0.05) is 49.2 Å². The SMILES string of the molecule is CCCC(Oc1ccccc1N)C(=O)c1ccc(C)cc1C. The topological polar surface area (TPSA) is 52.3 Å². The molecular formula is C19H23NO2. The van der Waals surface area contributed by atoms with Gasteiger partial charge in [-0.2, -0.15) is 0 Å². The first kappa shape index (κ1) is 16.1. The van der Waals surface area contributed by atoms with Gasteiger partial charge in [0.2, 0.25) is 5.78 Å². The van der Waals surface area contributed by atoms with Crippen molar-refractivity contribution in [3.63, 3.8) is 0 Å². The summed E-state index contributed by atoms with van der Waals surface area (Å²) in [6, 6.07) is 13.1. The van der Waals surface area contributed by atoms with Crippen LogP contribution in [0.1, 0.15) is 41.3 Å². The number of aryl methyl sites for hydroxylation is 2. The molecule has 22 heavy (non-hydrogen) atoms. The van der Waals surface area contributed by atoms with Gasteiger partial charge >= 0.3 is 0 Å². The third kappa shape index (κ3) is 3.67. The molecule has 0 aliphatic carbocycles. The third-order valence-electron chi connectivity index (χ3n) is 3.68. The molecule has 0 spiro atoms. The summed E-state index contributed by atoms with van der Waals surface area (Å²) in [7, 11) is 0. The van der Waals surface area contributed by atoms with E-state index in [1.807, 2.05) is 51.1 Å². The lowest BCUT2D eigenvalue weighted by Crippen LogP contribution is -2.28. The highest BCUT2D eigenvalue weighted by Gasteiger charge is 2.23. The van der Waals surface area contributed by atoms with Crippen molar-refractivity contribution in [1.82, 2.24) is 0 Å². The highest BCUT2D eigenvalue weighted by Crippen LogP contribution is 2.24. The van der Waals surface area contributed by atoms with Crippen molar-refractivity contribution in [2.45, 2.75) is 39.7 Å². The van der Waals surface area contributed by atoms with Crippen LogP contribution in [0.3, 0.4) is 0 Å². The molecule has 0 saturated carbocycles. The van der Waals surface area contributed by atoms with Gasteiger partial charge in [-0.25, -0.2) is 0 Å². The number of nitrogens with two attached hydrogens (primary N) is 1. The van der Waals surface area contributed by atoms with Crippen LogP contribution in [0.5, 0.6) is 5.75 Å². The first-order valence-electron chi connectivity index (χ1n) is 7.65. The van der Waals surface area contributed by atoms with E-state index < -0.39 is 6.10 Å². The van der Waals surface area contributed by atoms with Crippen LogP contribution in [0.2, 0.25) is 0 Å². The summed E-state index contributed by atoms with van der Waals surface area (Å²) in [6.07, 6.45) is 1.03. The van der Waals surface area contributed by atoms with Gasteiger partial charge in [-0.3, -0.25) is 4.79 Å². The number of rotatable bonds is 6. The van der Waals surface area contributed by atoms with Crippen LogP contribution in [-0.4, -0.2) is 11.9 Å². The van der Waals surface area contributed by atoms with Crippen molar-refractivity contribution >= 4 is 11.5 Å². The lowest BCUT2D eigenvalue weighted by molar-refractivity contribution is 0.0778. The number of benzene rings is 2. The van der Waals surface area contributed by atoms with E-state index in [2.05, 4.69) is 0 Å². The molecule has 2 N–H and O–H groups in total. The molecule has 0 bridgehead atoms. The van der Waals surface area contributed by atoms with Gasteiger partial charge in [-0.05, 0) is 38.0 Å². The van der Waals surface area contributed by atoms with Crippen LogP contribution in [0.25, 0.3) is 0 Å². The fourth-order valence-corrected chi connectivity index (χ4v) is 2.51. The monoisotopic (exact) mass is 297 g/mol. The van der Waals surface area contributed by atoms with Crippen LogP contribution < -0.4 is 10.5 Å². The molecule has 0 heterocycles. The molecule has 1 unspecified atom stereocenters. The van der Waals surface area contributed by atoms with Gasteiger partial charge in [0.1, 0.15) is 5.75 Å².